The van der Waals surface area contributed by atoms with E-state index in [0.29, 0.717) is 0 Å². The summed E-state index contributed by atoms with van der Waals surface area (Å²) >= 11 is 0. The number of nitrogens with zero attached hydrogens (tertiary/aromatic N) is 1. The van der Waals surface area contributed by atoms with Crippen LogP contribution in [0.2, 0.25) is 0 Å². The lowest BCUT2D eigenvalue weighted by atomic mass is 9.95. The molecule has 0 saturated carbocycles. The molecule has 0 aliphatic carbocycles. The number of hydrogen-bond acceptors (Lipinski definition) is 2. The summed E-state index contributed by atoms with van der Waals surface area (Å²) in [5.41, 5.74) is 7.60. The van der Waals surface area contributed by atoms with Gasteiger partial charge in [-0.15, -0.1) is 0 Å². The maximum Gasteiger partial charge on any atom is 0.143 e. The molecule has 0 aliphatic heterocycles. The average Bonchev–Trinajstić information content (AvgIpc) is 3.35. The molecule has 0 unspecified atom stereocenters. The number of furan rings is 1. The molecule has 7 aromatic rings. The molecule has 0 N–H and O–H groups in total. The minimum atomic E-state index is 0.918. The fourth-order valence-electron chi connectivity index (χ4n) is 5.18. The lowest BCUT2D eigenvalue weighted by Gasteiger charge is -2.25. The van der Waals surface area contributed by atoms with Gasteiger partial charge in [-0.3, -0.25) is 0 Å². The van der Waals surface area contributed by atoms with E-state index in [-0.39, 0.29) is 0 Å². The van der Waals surface area contributed by atoms with Crippen LogP contribution in [0.1, 0.15) is 0 Å². The van der Waals surface area contributed by atoms with Crippen molar-refractivity contribution in [3.63, 3.8) is 0 Å². The van der Waals surface area contributed by atoms with Crippen LogP contribution in [0.3, 0.4) is 0 Å². The van der Waals surface area contributed by atoms with E-state index in [1.54, 1.807) is 0 Å². The molecule has 36 heavy (non-hydrogen) atoms. The van der Waals surface area contributed by atoms with Gasteiger partial charge in [0, 0.05) is 33.2 Å². The molecule has 0 bridgehead atoms. The molecular formula is C34H23NO. The summed E-state index contributed by atoms with van der Waals surface area (Å²) in [4.78, 5) is 2.28. The van der Waals surface area contributed by atoms with Crippen molar-refractivity contribution in [2.75, 3.05) is 4.90 Å². The topological polar surface area (TPSA) is 16.4 Å². The molecule has 0 saturated heterocycles. The van der Waals surface area contributed by atoms with Crippen molar-refractivity contribution in [3.8, 4) is 11.1 Å². The molecule has 0 amide bonds. The first-order valence-electron chi connectivity index (χ1n) is 12.2. The van der Waals surface area contributed by atoms with Crippen LogP contribution in [-0.4, -0.2) is 0 Å². The Balaban J connectivity index is 1.42. The fourth-order valence-corrected chi connectivity index (χ4v) is 5.18. The van der Waals surface area contributed by atoms with Crippen molar-refractivity contribution in [3.05, 3.63) is 140 Å². The second-order valence-corrected chi connectivity index (χ2v) is 9.00. The summed E-state index contributed by atoms with van der Waals surface area (Å²) in [6.07, 6.45) is 0. The predicted molar refractivity (Wildman–Crippen MR) is 151 cm³/mol. The third-order valence-corrected chi connectivity index (χ3v) is 6.84. The van der Waals surface area contributed by atoms with Crippen LogP contribution in [0.4, 0.5) is 17.1 Å². The molecule has 0 spiro atoms. The fraction of sp³-hybridized carbons (Fsp3) is 0. The van der Waals surface area contributed by atoms with Gasteiger partial charge >= 0.3 is 0 Å². The molecular weight excluding hydrogens is 438 g/mol. The predicted octanol–water partition coefficient (Wildman–Crippen LogP) is 9.88. The average molecular weight is 462 g/mol. The lowest BCUT2D eigenvalue weighted by molar-refractivity contribution is 0.673. The number of hydrogen-bond donors (Lipinski definition) is 0. The van der Waals surface area contributed by atoms with E-state index in [9.17, 15) is 0 Å². The number of fused-ring (bicyclic) bond motifs is 5. The largest absolute Gasteiger partial charge is 0.455 e. The summed E-state index contributed by atoms with van der Waals surface area (Å²) in [7, 11) is 0. The Hall–Kier alpha value is -4.82. The standard InChI is InChI=1S/C34H23NO/c1-3-12-26(13-4-1)35(27-14-5-2-6-15-27)28-21-19-24(20-22-28)31-23-25-11-7-8-16-29(25)34-33(31)30-17-9-10-18-32(30)36-34/h1-23H. The number of para-hydroxylation sites is 3. The summed E-state index contributed by atoms with van der Waals surface area (Å²) in [6.45, 7) is 0. The van der Waals surface area contributed by atoms with Gasteiger partial charge in [0.05, 0.1) is 0 Å². The van der Waals surface area contributed by atoms with Crippen molar-refractivity contribution in [2.24, 2.45) is 0 Å². The summed E-state index contributed by atoms with van der Waals surface area (Å²) < 4.78 is 6.40. The molecule has 0 aliphatic rings. The Labute approximate surface area is 209 Å². The van der Waals surface area contributed by atoms with Gasteiger partial charge in [-0.1, -0.05) is 91.0 Å². The zero-order chi connectivity index (χ0) is 23.9. The normalized spacial score (nSPS) is 11.3. The van der Waals surface area contributed by atoms with E-state index < -0.39 is 0 Å². The first-order chi connectivity index (χ1) is 17.9. The molecule has 170 valence electrons. The van der Waals surface area contributed by atoms with Crippen LogP contribution in [-0.2, 0) is 0 Å². The van der Waals surface area contributed by atoms with E-state index in [4.69, 9.17) is 4.42 Å². The quantitative estimate of drug-likeness (QED) is 0.259. The Kier molecular flexibility index (Phi) is 4.82. The van der Waals surface area contributed by atoms with Crippen molar-refractivity contribution < 1.29 is 4.42 Å². The van der Waals surface area contributed by atoms with Gasteiger partial charge in [-0.2, -0.15) is 0 Å². The molecule has 7 rings (SSSR count). The molecule has 0 radical (unpaired) electrons. The zero-order valence-corrected chi connectivity index (χ0v) is 19.6. The smallest absolute Gasteiger partial charge is 0.143 e. The Morgan fingerprint density at radius 2 is 1.03 bits per heavy atom. The SMILES string of the molecule is c1ccc(N(c2ccccc2)c2ccc(-c3cc4ccccc4c4oc5ccccc5c34)cc2)cc1. The van der Waals surface area contributed by atoms with Crippen LogP contribution >= 0.6 is 0 Å². The zero-order valence-electron chi connectivity index (χ0n) is 19.6. The van der Waals surface area contributed by atoms with Crippen molar-refractivity contribution in [1.29, 1.82) is 0 Å². The minimum Gasteiger partial charge on any atom is -0.455 e. The summed E-state index contributed by atoms with van der Waals surface area (Å²) in [5.74, 6) is 0. The highest BCUT2D eigenvalue weighted by Gasteiger charge is 2.17. The summed E-state index contributed by atoms with van der Waals surface area (Å²) in [5, 5.41) is 4.63. The van der Waals surface area contributed by atoms with Gasteiger partial charge < -0.3 is 9.32 Å². The van der Waals surface area contributed by atoms with E-state index in [1.165, 1.54) is 21.9 Å². The lowest BCUT2D eigenvalue weighted by Crippen LogP contribution is -2.09. The van der Waals surface area contributed by atoms with Gasteiger partial charge in [0.2, 0.25) is 0 Å². The first-order valence-corrected chi connectivity index (χ1v) is 12.2. The van der Waals surface area contributed by atoms with Crippen LogP contribution < -0.4 is 4.90 Å². The van der Waals surface area contributed by atoms with Crippen molar-refractivity contribution >= 4 is 49.8 Å². The van der Waals surface area contributed by atoms with E-state index in [1.807, 2.05) is 6.07 Å². The van der Waals surface area contributed by atoms with E-state index in [2.05, 4.69) is 138 Å². The highest BCUT2D eigenvalue weighted by molar-refractivity contribution is 6.21. The molecule has 1 heterocycles. The summed E-state index contributed by atoms with van der Waals surface area (Å²) in [6, 6.07) is 48.9. The van der Waals surface area contributed by atoms with Crippen LogP contribution in [0.15, 0.2) is 144 Å². The second kappa shape index (κ2) is 8.44. The van der Waals surface area contributed by atoms with Crippen LogP contribution in [0.5, 0.6) is 0 Å². The van der Waals surface area contributed by atoms with Crippen molar-refractivity contribution in [2.45, 2.75) is 0 Å². The molecule has 0 fully saturated rings. The third kappa shape index (κ3) is 3.35. The molecule has 2 heteroatoms. The number of anilines is 3. The first kappa shape index (κ1) is 20.5. The van der Waals surface area contributed by atoms with Crippen molar-refractivity contribution in [1.82, 2.24) is 0 Å². The van der Waals surface area contributed by atoms with Gasteiger partial charge in [0.1, 0.15) is 11.2 Å². The van der Waals surface area contributed by atoms with Crippen LogP contribution in [0.25, 0.3) is 43.8 Å². The van der Waals surface area contributed by atoms with Gasteiger partial charge in [-0.05, 0) is 65.0 Å². The Morgan fingerprint density at radius 3 is 1.72 bits per heavy atom. The molecule has 1 aromatic heterocycles. The highest BCUT2D eigenvalue weighted by atomic mass is 16.3. The molecule has 0 atom stereocenters. The minimum absolute atomic E-state index is 0.918. The third-order valence-electron chi connectivity index (χ3n) is 6.84. The van der Waals surface area contributed by atoms with E-state index in [0.717, 1.165) is 39.0 Å². The van der Waals surface area contributed by atoms with Gasteiger partial charge in [-0.25, -0.2) is 0 Å². The maximum atomic E-state index is 6.40. The Bertz CT molecular complexity index is 1780. The maximum absolute atomic E-state index is 6.40. The van der Waals surface area contributed by atoms with Gasteiger partial charge in [0.25, 0.3) is 0 Å². The number of rotatable bonds is 4. The van der Waals surface area contributed by atoms with Crippen LogP contribution in [0, 0.1) is 0 Å². The Morgan fingerprint density at radius 1 is 0.472 bits per heavy atom. The molecule has 6 aromatic carbocycles. The number of benzene rings is 6. The van der Waals surface area contributed by atoms with Gasteiger partial charge in [0.15, 0.2) is 0 Å². The monoisotopic (exact) mass is 461 g/mol. The second-order valence-electron chi connectivity index (χ2n) is 9.00. The highest BCUT2D eigenvalue weighted by Crippen LogP contribution is 2.42. The van der Waals surface area contributed by atoms with E-state index >= 15 is 0 Å². The molecule has 2 nitrogen and oxygen atoms in total.